The molecule has 1 aliphatic rings. The van der Waals surface area contributed by atoms with Crippen LogP contribution in [0.15, 0.2) is 47.4 Å². The molecular formula is C18H20ClFN2O3S. The molecular weight excluding hydrogens is 379 g/mol. The van der Waals surface area contributed by atoms with Crippen molar-refractivity contribution in [2.45, 2.75) is 11.4 Å². The van der Waals surface area contributed by atoms with Gasteiger partial charge in [-0.05, 0) is 35.9 Å². The van der Waals surface area contributed by atoms with Crippen molar-refractivity contribution in [1.82, 2.24) is 9.21 Å². The number of methoxy groups -OCH3 is 1. The third-order valence-corrected chi connectivity index (χ3v) is 6.60. The summed E-state index contributed by atoms with van der Waals surface area (Å²) in [6.45, 7) is 2.68. The molecule has 3 rings (SSSR count). The Morgan fingerprint density at radius 3 is 2.31 bits per heavy atom. The Morgan fingerprint density at radius 2 is 1.73 bits per heavy atom. The summed E-state index contributed by atoms with van der Waals surface area (Å²) < 4.78 is 45.1. The van der Waals surface area contributed by atoms with Crippen molar-refractivity contribution in [1.29, 1.82) is 0 Å². The molecule has 0 aliphatic carbocycles. The van der Waals surface area contributed by atoms with E-state index >= 15 is 0 Å². The van der Waals surface area contributed by atoms with Crippen LogP contribution in [0, 0.1) is 5.82 Å². The minimum atomic E-state index is -3.59. The summed E-state index contributed by atoms with van der Waals surface area (Å²) in [5.41, 5.74) is 1.00. The summed E-state index contributed by atoms with van der Waals surface area (Å²) in [6.07, 6.45) is 0. The fourth-order valence-electron chi connectivity index (χ4n) is 2.93. The van der Waals surface area contributed by atoms with Gasteiger partial charge in [0.15, 0.2) is 0 Å². The maximum Gasteiger partial charge on any atom is 0.243 e. The number of benzene rings is 2. The standard InChI is InChI=1S/C18H20ClFN2O3S/c1-25-18-7-6-16(12-17(18)19)26(23,24)22-10-8-21(9-11-22)13-14-2-4-15(20)5-3-14/h2-7,12H,8-11,13H2,1H3. The fraction of sp³-hybridized carbons (Fsp3) is 0.333. The quantitative estimate of drug-likeness (QED) is 0.777. The first-order valence-corrected chi connectivity index (χ1v) is 10.0. The highest BCUT2D eigenvalue weighted by atomic mass is 35.5. The van der Waals surface area contributed by atoms with Gasteiger partial charge in [-0.15, -0.1) is 0 Å². The van der Waals surface area contributed by atoms with Gasteiger partial charge in [0.25, 0.3) is 0 Å². The van der Waals surface area contributed by atoms with Crippen molar-refractivity contribution in [3.63, 3.8) is 0 Å². The van der Waals surface area contributed by atoms with Crippen LogP contribution in [-0.4, -0.2) is 50.9 Å². The minimum absolute atomic E-state index is 0.162. The minimum Gasteiger partial charge on any atom is -0.495 e. The summed E-state index contributed by atoms with van der Waals surface area (Å²) in [6, 6.07) is 10.8. The molecule has 1 heterocycles. The molecule has 0 saturated carbocycles. The van der Waals surface area contributed by atoms with E-state index in [0.717, 1.165) is 5.56 Å². The summed E-state index contributed by atoms with van der Waals surface area (Å²) in [5.74, 6) is 0.178. The number of nitrogens with zero attached hydrogens (tertiary/aromatic N) is 2. The van der Waals surface area contributed by atoms with E-state index in [2.05, 4.69) is 4.90 Å². The van der Waals surface area contributed by atoms with Crippen molar-refractivity contribution in [3.05, 3.63) is 58.9 Å². The van der Waals surface area contributed by atoms with Crippen molar-refractivity contribution in [2.75, 3.05) is 33.3 Å². The highest BCUT2D eigenvalue weighted by Gasteiger charge is 2.29. The number of hydrogen-bond acceptors (Lipinski definition) is 4. The first-order valence-electron chi connectivity index (χ1n) is 8.20. The van der Waals surface area contributed by atoms with Crippen LogP contribution < -0.4 is 4.74 Å². The van der Waals surface area contributed by atoms with E-state index in [9.17, 15) is 12.8 Å². The largest absolute Gasteiger partial charge is 0.495 e. The number of halogens is 2. The van der Waals surface area contributed by atoms with Crippen LogP contribution in [0.1, 0.15) is 5.56 Å². The second-order valence-electron chi connectivity index (χ2n) is 6.10. The number of rotatable bonds is 5. The molecule has 0 bridgehead atoms. The highest BCUT2D eigenvalue weighted by Crippen LogP contribution is 2.28. The van der Waals surface area contributed by atoms with Gasteiger partial charge < -0.3 is 4.74 Å². The average Bonchev–Trinajstić information content (AvgIpc) is 2.64. The van der Waals surface area contributed by atoms with E-state index in [1.54, 1.807) is 18.2 Å². The van der Waals surface area contributed by atoms with Gasteiger partial charge in [-0.1, -0.05) is 23.7 Å². The zero-order valence-corrected chi connectivity index (χ0v) is 15.9. The molecule has 2 aromatic rings. The molecule has 1 saturated heterocycles. The van der Waals surface area contributed by atoms with Gasteiger partial charge in [0.2, 0.25) is 10.0 Å². The molecule has 0 spiro atoms. The number of piperazine rings is 1. The molecule has 26 heavy (non-hydrogen) atoms. The van der Waals surface area contributed by atoms with Gasteiger partial charge >= 0.3 is 0 Å². The Kier molecular flexibility index (Phi) is 5.82. The van der Waals surface area contributed by atoms with Gasteiger partial charge in [0, 0.05) is 32.7 Å². The molecule has 140 valence electrons. The normalized spacial score (nSPS) is 16.6. The van der Waals surface area contributed by atoms with Crippen molar-refractivity contribution in [2.24, 2.45) is 0 Å². The Bertz CT molecular complexity index is 867. The average molecular weight is 399 g/mol. The van der Waals surface area contributed by atoms with Gasteiger partial charge in [0.1, 0.15) is 11.6 Å². The van der Waals surface area contributed by atoms with E-state index in [4.69, 9.17) is 16.3 Å². The Hall–Kier alpha value is -1.67. The first-order chi connectivity index (χ1) is 12.4. The second-order valence-corrected chi connectivity index (χ2v) is 8.45. The molecule has 1 fully saturated rings. The lowest BCUT2D eigenvalue weighted by molar-refractivity contribution is 0.181. The third kappa shape index (κ3) is 4.17. The molecule has 0 amide bonds. The SMILES string of the molecule is COc1ccc(S(=O)(=O)N2CCN(Cc3ccc(F)cc3)CC2)cc1Cl. The van der Waals surface area contributed by atoms with Crippen LogP contribution in [0.5, 0.6) is 5.75 Å². The first kappa shape index (κ1) is 19.1. The lowest BCUT2D eigenvalue weighted by Crippen LogP contribution is -2.48. The third-order valence-electron chi connectivity index (χ3n) is 4.41. The Labute approximate surface area is 158 Å². The van der Waals surface area contributed by atoms with Crippen LogP contribution in [0.2, 0.25) is 5.02 Å². The second kappa shape index (κ2) is 7.92. The number of sulfonamides is 1. The van der Waals surface area contributed by atoms with E-state index < -0.39 is 10.0 Å². The molecule has 1 aliphatic heterocycles. The maximum atomic E-state index is 13.0. The molecule has 0 aromatic heterocycles. The molecule has 0 N–H and O–H groups in total. The zero-order chi connectivity index (χ0) is 18.7. The predicted molar refractivity (Wildman–Crippen MR) is 98.4 cm³/mol. The summed E-state index contributed by atoms with van der Waals surface area (Å²) in [5, 5.41) is 0.267. The molecule has 8 heteroatoms. The zero-order valence-electron chi connectivity index (χ0n) is 14.4. The molecule has 0 atom stereocenters. The van der Waals surface area contributed by atoms with Gasteiger partial charge in [-0.2, -0.15) is 4.31 Å². The predicted octanol–water partition coefficient (Wildman–Crippen LogP) is 2.99. The summed E-state index contributed by atoms with van der Waals surface area (Å²) in [7, 11) is -2.11. The fourth-order valence-corrected chi connectivity index (χ4v) is 4.70. The Balaban J connectivity index is 1.65. The van der Waals surface area contributed by atoms with E-state index in [1.165, 1.54) is 35.7 Å². The number of hydrogen-bond donors (Lipinski definition) is 0. The van der Waals surface area contributed by atoms with Crippen LogP contribution >= 0.6 is 11.6 Å². The summed E-state index contributed by atoms with van der Waals surface area (Å²) in [4.78, 5) is 2.32. The van der Waals surface area contributed by atoms with Crippen LogP contribution in [0.4, 0.5) is 4.39 Å². The molecule has 0 radical (unpaired) electrons. The van der Waals surface area contributed by atoms with Crippen molar-refractivity contribution < 1.29 is 17.5 Å². The molecule has 5 nitrogen and oxygen atoms in total. The summed E-state index contributed by atoms with van der Waals surface area (Å²) >= 11 is 6.06. The van der Waals surface area contributed by atoms with Crippen molar-refractivity contribution in [3.8, 4) is 5.75 Å². The number of ether oxygens (including phenoxy) is 1. The Morgan fingerprint density at radius 1 is 1.08 bits per heavy atom. The van der Waals surface area contributed by atoms with Crippen molar-refractivity contribution >= 4 is 21.6 Å². The lowest BCUT2D eigenvalue weighted by atomic mass is 10.2. The maximum absolute atomic E-state index is 13.0. The van der Waals surface area contributed by atoms with E-state index in [0.29, 0.717) is 38.5 Å². The van der Waals surface area contributed by atoms with Crippen LogP contribution in [0.3, 0.4) is 0 Å². The van der Waals surface area contributed by atoms with Crippen LogP contribution in [-0.2, 0) is 16.6 Å². The smallest absolute Gasteiger partial charge is 0.243 e. The van der Waals surface area contributed by atoms with Crippen LogP contribution in [0.25, 0.3) is 0 Å². The van der Waals surface area contributed by atoms with Gasteiger partial charge in [-0.3, -0.25) is 4.90 Å². The van der Waals surface area contributed by atoms with E-state index in [1.807, 2.05) is 0 Å². The van der Waals surface area contributed by atoms with Gasteiger partial charge in [0.05, 0.1) is 17.0 Å². The molecule has 2 aromatic carbocycles. The highest BCUT2D eigenvalue weighted by molar-refractivity contribution is 7.89. The monoisotopic (exact) mass is 398 g/mol. The van der Waals surface area contributed by atoms with E-state index in [-0.39, 0.29) is 15.7 Å². The van der Waals surface area contributed by atoms with Gasteiger partial charge in [-0.25, -0.2) is 12.8 Å². The topological polar surface area (TPSA) is 49.9 Å². The molecule has 0 unspecified atom stereocenters. The lowest BCUT2D eigenvalue weighted by Gasteiger charge is -2.34.